The largest absolute Gasteiger partial charge is 0.385 e. The van der Waals surface area contributed by atoms with E-state index in [2.05, 4.69) is 34.5 Å². The zero-order valence-corrected chi connectivity index (χ0v) is 10.6. The predicted octanol–water partition coefficient (Wildman–Crippen LogP) is 1.63. The average Bonchev–Trinajstić information content (AvgIpc) is 2.76. The second kappa shape index (κ2) is 6.74. The summed E-state index contributed by atoms with van der Waals surface area (Å²) in [5.41, 5.74) is 2.98. The summed E-state index contributed by atoms with van der Waals surface area (Å²) in [6.07, 6.45) is 1.09. The number of hydrogen-bond donors (Lipinski definition) is 1. The van der Waals surface area contributed by atoms with E-state index in [0.717, 1.165) is 45.8 Å². The first-order chi connectivity index (χ1) is 8.40. The molecule has 3 heteroatoms. The third-order valence-corrected chi connectivity index (χ3v) is 3.21. The number of ether oxygens (including phenoxy) is 1. The minimum atomic E-state index is 0.849. The lowest BCUT2D eigenvalue weighted by Gasteiger charge is -2.14. The van der Waals surface area contributed by atoms with Gasteiger partial charge >= 0.3 is 0 Å². The van der Waals surface area contributed by atoms with Crippen LogP contribution in [0, 0.1) is 0 Å². The molecule has 17 heavy (non-hydrogen) atoms. The molecule has 0 aliphatic carbocycles. The molecule has 2 rings (SSSR count). The van der Waals surface area contributed by atoms with Gasteiger partial charge in [0.15, 0.2) is 0 Å². The van der Waals surface area contributed by atoms with E-state index in [1.165, 1.54) is 11.1 Å². The molecule has 0 atom stereocenters. The normalized spacial score (nSPS) is 15.1. The molecule has 0 amide bonds. The van der Waals surface area contributed by atoms with Crippen molar-refractivity contribution in [3.05, 3.63) is 35.4 Å². The molecule has 0 saturated carbocycles. The van der Waals surface area contributed by atoms with E-state index < -0.39 is 0 Å². The van der Waals surface area contributed by atoms with Crippen LogP contribution in [0.3, 0.4) is 0 Å². The summed E-state index contributed by atoms with van der Waals surface area (Å²) in [6, 6.07) is 8.74. The number of rotatable bonds is 7. The monoisotopic (exact) mass is 234 g/mol. The van der Waals surface area contributed by atoms with E-state index in [-0.39, 0.29) is 0 Å². The molecule has 0 spiro atoms. The summed E-state index contributed by atoms with van der Waals surface area (Å²) in [4.78, 5) is 2.49. The fourth-order valence-corrected chi connectivity index (χ4v) is 2.27. The first-order valence-electron chi connectivity index (χ1n) is 6.39. The number of methoxy groups -OCH3 is 1. The zero-order chi connectivity index (χ0) is 11.9. The van der Waals surface area contributed by atoms with Crippen molar-refractivity contribution in [2.24, 2.45) is 0 Å². The molecule has 1 N–H and O–H groups in total. The van der Waals surface area contributed by atoms with Gasteiger partial charge < -0.3 is 10.1 Å². The minimum Gasteiger partial charge on any atom is -0.385 e. The zero-order valence-electron chi connectivity index (χ0n) is 10.6. The first kappa shape index (κ1) is 12.6. The molecule has 0 fully saturated rings. The van der Waals surface area contributed by atoms with E-state index in [0.29, 0.717) is 0 Å². The van der Waals surface area contributed by atoms with Gasteiger partial charge in [-0.15, -0.1) is 0 Å². The molecule has 1 aliphatic rings. The van der Waals surface area contributed by atoms with Gasteiger partial charge in [-0.3, -0.25) is 4.90 Å². The fourth-order valence-electron chi connectivity index (χ4n) is 2.27. The predicted molar refractivity (Wildman–Crippen MR) is 69.9 cm³/mol. The molecule has 1 aromatic carbocycles. The Bertz CT molecular complexity index is 316. The Balaban J connectivity index is 1.60. The van der Waals surface area contributed by atoms with Crippen LogP contribution in [0.5, 0.6) is 0 Å². The second-order valence-corrected chi connectivity index (χ2v) is 4.58. The minimum absolute atomic E-state index is 0.849. The van der Waals surface area contributed by atoms with Crippen LogP contribution >= 0.6 is 0 Å². The summed E-state index contributed by atoms with van der Waals surface area (Å²) in [7, 11) is 1.75. The van der Waals surface area contributed by atoms with Crippen molar-refractivity contribution in [2.45, 2.75) is 19.5 Å². The average molecular weight is 234 g/mol. The highest BCUT2D eigenvalue weighted by Crippen LogP contribution is 2.21. The Morgan fingerprint density at radius 3 is 2.53 bits per heavy atom. The van der Waals surface area contributed by atoms with Gasteiger partial charge in [-0.1, -0.05) is 24.3 Å². The van der Waals surface area contributed by atoms with Crippen molar-refractivity contribution >= 4 is 0 Å². The Morgan fingerprint density at radius 2 is 1.88 bits per heavy atom. The van der Waals surface area contributed by atoms with E-state index in [9.17, 15) is 0 Å². The van der Waals surface area contributed by atoms with Gasteiger partial charge in [0.25, 0.3) is 0 Å². The van der Waals surface area contributed by atoms with Crippen molar-refractivity contribution in [2.75, 3.05) is 33.4 Å². The van der Waals surface area contributed by atoms with Gasteiger partial charge in [0.2, 0.25) is 0 Å². The smallest absolute Gasteiger partial charge is 0.0474 e. The molecule has 3 nitrogen and oxygen atoms in total. The topological polar surface area (TPSA) is 24.5 Å². The van der Waals surface area contributed by atoms with Crippen molar-refractivity contribution in [1.82, 2.24) is 10.2 Å². The second-order valence-electron chi connectivity index (χ2n) is 4.58. The molecular formula is C14H22N2O. The fraction of sp³-hybridized carbons (Fsp3) is 0.571. The Labute approximate surface area is 104 Å². The molecular weight excluding hydrogens is 212 g/mol. The summed E-state index contributed by atoms with van der Waals surface area (Å²) in [6.45, 7) is 6.31. The summed E-state index contributed by atoms with van der Waals surface area (Å²) >= 11 is 0. The van der Waals surface area contributed by atoms with Gasteiger partial charge in [0, 0.05) is 39.9 Å². The van der Waals surface area contributed by atoms with Gasteiger partial charge in [-0.05, 0) is 24.1 Å². The van der Waals surface area contributed by atoms with E-state index in [4.69, 9.17) is 4.74 Å². The van der Waals surface area contributed by atoms with E-state index in [1.54, 1.807) is 7.11 Å². The highest BCUT2D eigenvalue weighted by atomic mass is 16.5. The van der Waals surface area contributed by atoms with E-state index >= 15 is 0 Å². The van der Waals surface area contributed by atoms with Gasteiger partial charge in [0.05, 0.1) is 0 Å². The standard InChI is InChI=1S/C14H22N2O/c1-17-10-4-7-15-8-9-16-11-13-5-2-3-6-14(13)12-16/h2-3,5-6,15H,4,7-12H2,1H3. The Morgan fingerprint density at radius 1 is 1.18 bits per heavy atom. The number of nitrogens with zero attached hydrogens (tertiary/aromatic N) is 1. The third kappa shape index (κ3) is 3.80. The van der Waals surface area contributed by atoms with Gasteiger partial charge in [-0.25, -0.2) is 0 Å². The summed E-state index contributed by atoms with van der Waals surface area (Å²) < 4.78 is 5.01. The third-order valence-electron chi connectivity index (χ3n) is 3.21. The van der Waals surface area contributed by atoms with Crippen molar-refractivity contribution in [3.63, 3.8) is 0 Å². The molecule has 0 aromatic heterocycles. The molecule has 1 aliphatic heterocycles. The van der Waals surface area contributed by atoms with Gasteiger partial charge in [0.1, 0.15) is 0 Å². The van der Waals surface area contributed by atoms with Crippen LogP contribution in [0.1, 0.15) is 17.5 Å². The highest BCUT2D eigenvalue weighted by molar-refractivity contribution is 5.30. The maximum absolute atomic E-state index is 5.01. The lowest BCUT2D eigenvalue weighted by atomic mass is 10.1. The summed E-state index contributed by atoms with van der Waals surface area (Å²) in [5.74, 6) is 0. The van der Waals surface area contributed by atoms with Crippen LogP contribution in [0.15, 0.2) is 24.3 Å². The maximum Gasteiger partial charge on any atom is 0.0474 e. The number of hydrogen-bond acceptors (Lipinski definition) is 3. The Hall–Kier alpha value is -0.900. The van der Waals surface area contributed by atoms with Gasteiger partial charge in [-0.2, -0.15) is 0 Å². The van der Waals surface area contributed by atoms with Crippen LogP contribution in [0.2, 0.25) is 0 Å². The van der Waals surface area contributed by atoms with Crippen molar-refractivity contribution in [1.29, 1.82) is 0 Å². The molecule has 0 radical (unpaired) electrons. The first-order valence-corrected chi connectivity index (χ1v) is 6.39. The highest BCUT2D eigenvalue weighted by Gasteiger charge is 2.16. The molecule has 0 saturated heterocycles. The van der Waals surface area contributed by atoms with E-state index in [1.807, 2.05) is 0 Å². The number of benzene rings is 1. The molecule has 1 heterocycles. The number of fused-ring (bicyclic) bond motifs is 1. The maximum atomic E-state index is 5.01. The van der Waals surface area contributed by atoms with Crippen LogP contribution in [-0.4, -0.2) is 38.3 Å². The van der Waals surface area contributed by atoms with Crippen LogP contribution < -0.4 is 5.32 Å². The van der Waals surface area contributed by atoms with Crippen LogP contribution in [0.4, 0.5) is 0 Å². The number of nitrogens with one attached hydrogen (secondary N) is 1. The summed E-state index contributed by atoms with van der Waals surface area (Å²) in [5, 5.41) is 3.45. The molecule has 0 unspecified atom stereocenters. The lowest BCUT2D eigenvalue weighted by Crippen LogP contribution is -2.29. The van der Waals surface area contributed by atoms with Crippen LogP contribution in [0.25, 0.3) is 0 Å². The lowest BCUT2D eigenvalue weighted by molar-refractivity contribution is 0.193. The quantitative estimate of drug-likeness (QED) is 0.726. The SMILES string of the molecule is COCCCNCCN1Cc2ccccc2C1. The van der Waals surface area contributed by atoms with Crippen molar-refractivity contribution < 1.29 is 4.74 Å². The molecule has 1 aromatic rings. The molecule has 0 bridgehead atoms. The van der Waals surface area contributed by atoms with Crippen molar-refractivity contribution in [3.8, 4) is 0 Å². The Kier molecular flexibility index (Phi) is 4.98. The molecule has 94 valence electrons. The van der Waals surface area contributed by atoms with Crippen LogP contribution in [-0.2, 0) is 17.8 Å².